The second kappa shape index (κ2) is 6.59. The third kappa shape index (κ3) is 2.86. The summed E-state index contributed by atoms with van der Waals surface area (Å²) in [6, 6.07) is 2.06. The molecule has 0 saturated carbocycles. The van der Waals surface area contributed by atoms with Crippen LogP contribution in [-0.2, 0) is 12.8 Å². The van der Waals surface area contributed by atoms with E-state index in [4.69, 9.17) is 15.9 Å². The first-order chi connectivity index (χ1) is 9.71. The number of oxime groups is 1. The Morgan fingerprint density at radius 1 is 1.40 bits per heavy atom. The first kappa shape index (κ1) is 14.6. The maximum Gasteiger partial charge on any atom is 0.173 e. The summed E-state index contributed by atoms with van der Waals surface area (Å²) in [4.78, 5) is 7.02. The van der Waals surface area contributed by atoms with Gasteiger partial charge in [0.25, 0.3) is 0 Å². The number of pyridine rings is 1. The van der Waals surface area contributed by atoms with Gasteiger partial charge in [0.2, 0.25) is 0 Å². The van der Waals surface area contributed by atoms with Gasteiger partial charge >= 0.3 is 0 Å². The van der Waals surface area contributed by atoms with E-state index in [1.165, 1.54) is 24.1 Å². The van der Waals surface area contributed by atoms with Crippen LogP contribution in [0, 0.1) is 0 Å². The molecular weight excluding hydrogens is 252 g/mol. The van der Waals surface area contributed by atoms with Crippen molar-refractivity contribution in [3.63, 3.8) is 0 Å². The van der Waals surface area contributed by atoms with E-state index in [2.05, 4.69) is 30.0 Å². The highest BCUT2D eigenvalue weighted by molar-refractivity contribution is 6.01. The van der Waals surface area contributed by atoms with Crippen LogP contribution >= 0.6 is 0 Å². The molecule has 5 nitrogen and oxygen atoms in total. The minimum Gasteiger partial charge on any atom is -0.409 e. The van der Waals surface area contributed by atoms with Gasteiger partial charge in [-0.15, -0.1) is 0 Å². The molecule has 110 valence electrons. The monoisotopic (exact) mass is 276 g/mol. The van der Waals surface area contributed by atoms with Gasteiger partial charge in [0.05, 0.1) is 5.56 Å². The predicted octanol–water partition coefficient (Wildman–Crippen LogP) is 2.29. The molecular formula is C15H24N4O. The van der Waals surface area contributed by atoms with Gasteiger partial charge in [0.15, 0.2) is 5.84 Å². The minimum atomic E-state index is 0.149. The minimum absolute atomic E-state index is 0.149. The van der Waals surface area contributed by atoms with Crippen LogP contribution in [0.3, 0.4) is 0 Å². The second-order valence-electron chi connectivity index (χ2n) is 5.24. The molecule has 1 aromatic heterocycles. The lowest BCUT2D eigenvalue weighted by Gasteiger charge is -2.26. The highest BCUT2D eigenvalue weighted by Gasteiger charge is 2.20. The number of nitrogens with two attached hydrogens (primary N) is 1. The number of hydrogen-bond acceptors (Lipinski definition) is 4. The fourth-order valence-corrected chi connectivity index (χ4v) is 2.79. The summed E-state index contributed by atoms with van der Waals surface area (Å²) in [5.74, 6) is 1.00. The predicted molar refractivity (Wildman–Crippen MR) is 81.6 cm³/mol. The van der Waals surface area contributed by atoms with E-state index in [0.717, 1.165) is 43.7 Å². The van der Waals surface area contributed by atoms with E-state index < -0.39 is 0 Å². The summed E-state index contributed by atoms with van der Waals surface area (Å²) in [7, 11) is 0. The molecule has 0 aromatic carbocycles. The van der Waals surface area contributed by atoms with Crippen molar-refractivity contribution in [3.05, 3.63) is 22.9 Å². The van der Waals surface area contributed by atoms with Gasteiger partial charge in [-0.2, -0.15) is 0 Å². The molecule has 0 bridgehead atoms. The lowest BCUT2D eigenvalue weighted by molar-refractivity contribution is 0.318. The number of fused-ring (bicyclic) bond motifs is 1. The normalized spacial score (nSPS) is 15.0. The number of hydrogen-bond donors (Lipinski definition) is 2. The zero-order valence-corrected chi connectivity index (χ0v) is 12.4. The quantitative estimate of drug-likeness (QED) is 0.374. The van der Waals surface area contributed by atoms with Crippen molar-refractivity contribution in [2.24, 2.45) is 10.9 Å². The molecule has 0 unspecified atom stereocenters. The van der Waals surface area contributed by atoms with Gasteiger partial charge in [-0.25, -0.2) is 4.98 Å². The SMILES string of the molecule is CCCN(CC)c1nc2c(cc1C(N)=NO)CCCC2. The summed E-state index contributed by atoms with van der Waals surface area (Å²) >= 11 is 0. The number of rotatable bonds is 5. The Labute approximate surface area is 120 Å². The molecule has 0 radical (unpaired) electrons. The number of anilines is 1. The van der Waals surface area contributed by atoms with Crippen LogP contribution in [0.4, 0.5) is 5.82 Å². The molecule has 0 atom stereocenters. The third-order valence-electron chi connectivity index (χ3n) is 3.84. The Morgan fingerprint density at radius 2 is 2.15 bits per heavy atom. The van der Waals surface area contributed by atoms with Gasteiger partial charge in [-0.3, -0.25) is 0 Å². The Bertz CT molecular complexity index is 499. The molecule has 0 aliphatic heterocycles. The van der Waals surface area contributed by atoms with Crippen LogP contribution in [-0.4, -0.2) is 29.1 Å². The molecule has 0 spiro atoms. The van der Waals surface area contributed by atoms with E-state index in [1.54, 1.807) is 0 Å². The molecule has 2 rings (SSSR count). The number of aromatic nitrogens is 1. The van der Waals surface area contributed by atoms with E-state index in [9.17, 15) is 0 Å². The highest BCUT2D eigenvalue weighted by Crippen LogP contribution is 2.27. The Kier molecular flexibility index (Phi) is 4.82. The van der Waals surface area contributed by atoms with Gasteiger partial charge in [0.1, 0.15) is 5.82 Å². The third-order valence-corrected chi connectivity index (χ3v) is 3.84. The molecule has 1 aromatic rings. The van der Waals surface area contributed by atoms with Crippen molar-refractivity contribution in [2.75, 3.05) is 18.0 Å². The molecule has 1 heterocycles. The van der Waals surface area contributed by atoms with Crippen molar-refractivity contribution >= 4 is 11.7 Å². The maximum absolute atomic E-state index is 9.02. The highest BCUT2D eigenvalue weighted by atomic mass is 16.4. The zero-order chi connectivity index (χ0) is 14.5. The van der Waals surface area contributed by atoms with Crippen molar-refractivity contribution in [3.8, 4) is 0 Å². The topological polar surface area (TPSA) is 74.7 Å². The zero-order valence-electron chi connectivity index (χ0n) is 12.4. The Morgan fingerprint density at radius 3 is 2.80 bits per heavy atom. The van der Waals surface area contributed by atoms with Gasteiger partial charge < -0.3 is 15.8 Å². The molecule has 5 heteroatoms. The van der Waals surface area contributed by atoms with Crippen LogP contribution in [0.15, 0.2) is 11.2 Å². The Balaban J connectivity index is 2.51. The molecule has 1 aliphatic carbocycles. The summed E-state index contributed by atoms with van der Waals surface area (Å²) in [6.45, 7) is 6.04. The lowest BCUT2D eigenvalue weighted by Crippen LogP contribution is -2.29. The molecule has 0 amide bonds. The summed E-state index contributed by atoms with van der Waals surface area (Å²) in [5, 5.41) is 12.2. The van der Waals surface area contributed by atoms with Crippen molar-refractivity contribution < 1.29 is 5.21 Å². The van der Waals surface area contributed by atoms with Crippen molar-refractivity contribution in [1.29, 1.82) is 0 Å². The Hall–Kier alpha value is -1.78. The van der Waals surface area contributed by atoms with E-state index >= 15 is 0 Å². The molecule has 20 heavy (non-hydrogen) atoms. The lowest BCUT2D eigenvalue weighted by atomic mass is 9.94. The number of amidine groups is 1. The van der Waals surface area contributed by atoms with Crippen LogP contribution in [0.25, 0.3) is 0 Å². The fourth-order valence-electron chi connectivity index (χ4n) is 2.79. The van der Waals surface area contributed by atoms with Gasteiger partial charge in [-0.1, -0.05) is 12.1 Å². The summed E-state index contributed by atoms with van der Waals surface area (Å²) < 4.78 is 0. The average Bonchev–Trinajstić information content (AvgIpc) is 2.50. The maximum atomic E-state index is 9.02. The second-order valence-corrected chi connectivity index (χ2v) is 5.24. The largest absolute Gasteiger partial charge is 0.409 e. The van der Waals surface area contributed by atoms with Crippen molar-refractivity contribution in [2.45, 2.75) is 46.0 Å². The fraction of sp³-hybridized carbons (Fsp3) is 0.600. The number of aryl methyl sites for hydroxylation is 2. The van der Waals surface area contributed by atoms with Crippen LogP contribution in [0.2, 0.25) is 0 Å². The van der Waals surface area contributed by atoms with Crippen LogP contribution < -0.4 is 10.6 Å². The molecule has 0 fully saturated rings. The van der Waals surface area contributed by atoms with Crippen LogP contribution in [0.5, 0.6) is 0 Å². The number of nitrogens with zero attached hydrogens (tertiary/aromatic N) is 3. The average molecular weight is 276 g/mol. The van der Waals surface area contributed by atoms with Crippen molar-refractivity contribution in [1.82, 2.24) is 4.98 Å². The van der Waals surface area contributed by atoms with Crippen LogP contribution in [0.1, 0.15) is 49.9 Å². The van der Waals surface area contributed by atoms with E-state index in [0.29, 0.717) is 0 Å². The summed E-state index contributed by atoms with van der Waals surface area (Å²) in [5.41, 5.74) is 9.02. The van der Waals surface area contributed by atoms with E-state index in [1.807, 2.05) is 0 Å². The standard InChI is InChI=1S/C15H24N4O/c1-3-9-19(4-2)15-12(14(16)18-20)10-11-7-5-6-8-13(11)17-15/h10,20H,3-9H2,1-2H3,(H2,16,18). The van der Waals surface area contributed by atoms with Gasteiger partial charge in [0, 0.05) is 18.8 Å². The first-order valence-electron chi connectivity index (χ1n) is 7.46. The molecule has 0 saturated heterocycles. The smallest absolute Gasteiger partial charge is 0.173 e. The van der Waals surface area contributed by atoms with Gasteiger partial charge in [-0.05, 0) is 50.7 Å². The van der Waals surface area contributed by atoms with E-state index in [-0.39, 0.29) is 5.84 Å². The molecule has 3 N–H and O–H groups in total. The molecule has 1 aliphatic rings. The first-order valence-corrected chi connectivity index (χ1v) is 7.46. The summed E-state index contributed by atoms with van der Waals surface area (Å²) in [6.07, 6.45) is 5.50.